The van der Waals surface area contributed by atoms with Crippen molar-refractivity contribution in [1.29, 1.82) is 0 Å². The zero-order valence-corrected chi connectivity index (χ0v) is 17.5. The second kappa shape index (κ2) is 7.14. The van der Waals surface area contributed by atoms with Crippen LogP contribution in [0.15, 0.2) is 34.6 Å². The summed E-state index contributed by atoms with van der Waals surface area (Å²) in [6.07, 6.45) is 0.755. The highest BCUT2D eigenvalue weighted by Crippen LogP contribution is 2.42. The number of nitrogens with one attached hydrogen (secondary N) is 1. The lowest BCUT2D eigenvalue weighted by Gasteiger charge is -2.33. The Morgan fingerprint density at radius 2 is 1.96 bits per heavy atom. The van der Waals surface area contributed by atoms with Crippen molar-refractivity contribution >= 4 is 29.2 Å². The molecule has 0 aliphatic carbocycles. The van der Waals surface area contributed by atoms with Crippen molar-refractivity contribution in [2.24, 2.45) is 16.5 Å². The van der Waals surface area contributed by atoms with Crippen LogP contribution < -0.4 is 16.9 Å². The van der Waals surface area contributed by atoms with Crippen molar-refractivity contribution < 1.29 is 4.74 Å². The molecule has 0 aromatic heterocycles. The van der Waals surface area contributed by atoms with Gasteiger partial charge in [-0.05, 0) is 32.4 Å². The largest absolute Gasteiger partial charge is 0.379 e. The number of nitrogens with two attached hydrogens (primary N) is 2. The Hall–Kier alpha value is -1.51. The number of rotatable bonds is 5. The van der Waals surface area contributed by atoms with Gasteiger partial charge in [0, 0.05) is 48.4 Å². The number of hydrazine groups is 1. The van der Waals surface area contributed by atoms with E-state index < -0.39 is 5.66 Å². The van der Waals surface area contributed by atoms with Gasteiger partial charge in [0.25, 0.3) is 0 Å². The van der Waals surface area contributed by atoms with Crippen LogP contribution in [-0.4, -0.2) is 48.7 Å². The molecule has 0 bridgehead atoms. The standard InChI is InChI=1S/C18H26Cl2N6O/c1-17(2,27-4)8-9-26-15-11(10-25(3)16(21)23-15)18(22,24-26)14-12(19)6-5-7-13(14)20/h5-7,24H,8-10,22H2,1-4H3,(H2,21,23). The van der Waals surface area contributed by atoms with Gasteiger partial charge >= 0.3 is 0 Å². The van der Waals surface area contributed by atoms with Crippen LogP contribution in [0.4, 0.5) is 0 Å². The molecule has 7 nitrogen and oxygen atoms in total. The fourth-order valence-electron chi connectivity index (χ4n) is 3.23. The third-order valence-electron chi connectivity index (χ3n) is 5.17. The van der Waals surface area contributed by atoms with Gasteiger partial charge in [-0.2, -0.15) is 4.99 Å². The molecule has 0 saturated heterocycles. The number of benzene rings is 1. The summed E-state index contributed by atoms with van der Waals surface area (Å²) >= 11 is 13.0. The highest BCUT2D eigenvalue weighted by Gasteiger charge is 2.47. The number of aliphatic imine (C=N–C) groups is 1. The molecule has 3 rings (SSSR count). The molecule has 9 heteroatoms. The second-order valence-corrected chi connectivity index (χ2v) is 8.32. The number of hydrogen-bond acceptors (Lipinski definition) is 7. The van der Waals surface area contributed by atoms with E-state index in [1.54, 1.807) is 25.3 Å². The maximum atomic E-state index is 6.86. The Labute approximate surface area is 169 Å². The fourth-order valence-corrected chi connectivity index (χ4v) is 3.93. The van der Waals surface area contributed by atoms with Crippen molar-refractivity contribution in [3.05, 3.63) is 45.2 Å². The van der Waals surface area contributed by atoms with Gasteiger partial charge in [-0.25, -0.2) is 5.43 Å². The van der Waals surface area contributed by atoms with E-state index in [-0.39, 0.29) is 5.60 Å². The van der Waals surface area contributed by atoms with Crippen LogP contribution in [0.1, 0.15) is 25.8 Å². The summed E-state index contributed by atoms with van der Waals surface area (Å²) in [5.74, 6) is 1.14. The Balaban J connectivity index is 2.04. The number of likely N-dealkylation sites (N-methyl/N-ethyl adjacent to an activating group) is 1. The lowest BCUT2D eigenvalue weighted by Crippen LogP contribution is -2.55. The summed E-state index contributed by atoms with van der Waals surface area (Å²) in [6.45, 7) is 5.21. The van der Waals surface area contributed by atoms with E-state index in [0.29, 0.717) is 40.5 Å². The van der Waals surface area contributed by atoms with Gasteiger partial charge in [0.15, 0.2) is 11.8 Å². The molecular weight excluding hydrogens is 387 g/mol. The van der Waals surface area contributed by atoms with E-state index in [9.17, 15) is 0 Å². The quantitative estimate of drug-likeness (QED) is 0.686. The summed E-state index contributed by atoms with van der Waals surface area (Å²) in [5.41, 5.74) is 16.4. The molecule has 0 saturated carbocycles. The van der Waals surface area contributed by atoms with Gasteiger partial charge in [-0.3, -0.25) is 5.01 Å². The topological polar surface area (TPSA) is 92.1 Å². The molecule has 5 N–H and O–H groups in total. The van der Waals surface area contributed by atoms with Crippen molar-refractivity contribution in [3.63, 3.8) is 0 Å². The highest BCUT2D eigenvalue weighted by atomic mass is 35.5. The number of methoxy groups -OCH3 is 1. The van der Waals surface area contributed by atoms with Gasteiger partial charge in [0.05, 0.1) is 5.60 Å². The molecular formula is C18H26Cl2N6O. The molecule has 148 valence electrons. The first-order valence-corrected chi connectivity index (χ1v) is 9.47. The highest BCUT2D eigenvalue weighted by molar-refractivity contribution is 6.36. The van der Waals surface area contributed by atoms with Gasteiger partial charge < -0.3 is 21.1 Å². The number of halogens is 2. The Bertz CT molecular complexity index is 789. The average Bonchev–Trinajstić information content (AvgIpc) is 2.86. The predicted molar refractivity (Wildman–Crippen MR) is 109 cm³/mol. The molecule has 2 aliphatic rings. The minimum absolute atomic E-state index is 0.287. The summed E-state index contributed by atoms with van der Waals surface area (Å²) < 4.78 is 5.53. The summed E-state index contributed by atoms with van der Waals surface area (Å²) in [6, 6.07) is 5.35. The molecule has 1 aromatic rings. The van der Waals surface area contributed by atoms with Gasteiger partial charge in [-0.15, -0.1) is 0 Å². The van der Waals surface area contributed by atoms with Crippen LogP contribution in [0, 0.1) is 0 Å². The molecule has 2 heterocycles. The lowest BCUT2D eigenvalue weighted by molar-refractivity contribution is 0.00534. The third-order valence-corrected chi connectivity index (χ3v) is 5.80. The number of ether oxygens (including phenoxy) is 1. The second-order valence-electron chi connectivity index (χ2n) is 7.51. The zero-order valence-electron chi connectivity index (χ0n) is 16.0. The number of hydrogen-bond donors (Lipinski definition) is 3. The minimum Gasteiger partial charge on any atom is -0.379 e. The van der Waals surface area contributed by atoms with Crippen molar-refractivity contribution in [2.45, 2.75) is 31.5 Å². The first-order chi connectivity index (χ1) is 12.6. The molecule has 0 amide bonds. The summed E-state index contributed by atoms with van der Waals surface area (Å²) in [4.78, 5) is 6.41. The van der Waals surface area contributed by atoms with Crippen LogP contribution in [0.25, 0.3) is 0 Å². The molecule has 27 heavy (non-hydrogen) atoms. The van der Waals surface area contributed by atoms with Gasteiger partial charge in [-0.1, -0.05) is 29.3 Å². The van der Waals surface area contributed by atoms with Crippen molar-refractivity contribution in [3.8, 4) is 0 Å². The Kier molecular flexibility index (Phi) is 5.35. The van der Waals surface area contributed by atoms with Crippen LogP contribution >= 0.6 is 23.2 Å². The zero-order chi connectivity index (χ0) is 20.0. The molecule has 0 fully saturated rings. The molecule has 0 radical (unpaired) electrons. The predicted octanol–water partition coefficient (Wildman–Crippen LogP) is 2.21. The summed E-state index contributed by atoms with van der Waals surface area (Å²) in [5, 5.41) is 2.90. The van der Waals surface area contributed by atoms with Crippen molar-refractivity contribution in [1.82, 2.24) is 15.3 Å². The SMILES string of the molecule is COC(C)(C)CCN1NC(N)(c2c(Cl)cccc2Cl)C2=C1N=C(N)N(C)C2. The van der Waals surface area contributed by atoms with E-state index >= 15 is 0 Å². The maximum Gasteiger partial charge on any atom is 0.198 e. The fraction of sp³-hybridized carbons (Fsp3) is 0.500. The van der Waals surface area contributed by atoms with E-state index in [0.717, 1.165) is 12.0 Å². The van der Waals surface area contributed by atoms with E-state index in [1.807, 2.05) is 30.8 Å². The van der Waals surface area contributed by atoms with Crippen LogP contribution in [-0.2, 0) is 10.4 Å². The minimum atomic E-state index is -1.08. The maximum absolute atomic E-state index is 6.86. The van der Waals surface area contributed by atoms with Crippen molar-refractivity contribution in [2.75, 3.05) is 27.2 Å². The number of nitrogens with zero attached hydrogens (tertiary/aromatic N) is 3. The molecule has 2 aliphatic heterocycles. The Morgan fingerprint density at radius 1 is 1.33 bits per heavy atom. The first-order valence-electron chi connectivity index (χ1n) is 8.72. The third kappa shape index (κ3) is 3.62. The Morgan fingerprint density at radius 3 is 2.56 bits per heavy atom. The van der Waals surface area contributed by atoms with E-state index in [4.69, 9.17) is 39.4 Å². The monoisotopic (exact) mass is 412 g/mol. The molecule has 1 atom stereocenters. The van der Waals surface area contributed by atoms with Crippen LogP contribution in [0.3, 0.4) is 0 Å². The molecule has 1 unspecified atom stereocenters. The smallest absolute Gasteiger partial charge is 0.198 e. The van der Waals surface area contributed by atoms with Gasteiger partial charge in [0.1, 0.15) is 5.66 Å². The first kappa shape index (κ1) is 20.2. The molecule has 1 aromatic carbocycles. The van der Waals surface area contributed by atoms with E-state index in [2.05, 4.69) is 10.4 Å². The van der Waals surface area contributed by atoms with Crippen LogP contribution in [0.2, 0.25) is 10.0 Å². The number of guanidine groups is 1. The lowest BCUT2D eigenvalue weighted by atomic mass is 9.92. The normalized spacial score (nSPS) is 23.0. The van der Waals surface area contributed by atoms with Gasteiger partial charge in [0.2, 0.25) is 0 Å². The average molecular weight is 413 g/mol. The summed E-state index contributed by atoms with van der Waals surface area (Å²) in [7, 11) is 3.57. The molecule has 0 spiro atoms. The van der Waals surface area contributed by atoms with E-state index in [1.165, 1.54) is 0 Å². The van der Waals surface area contributed by atoms with Crippen LogP contribution in [0.5, 0.6) is 0 Å².